The number of halogens is 1. The van der Waals surface area contributed by atoms with Gasteiger partial charge in [-0.1, -0.05) is 30.7 Å². The molecule has 0 aliphatic carbocycles. The lowest BCUT2D eigenvalue weighted by molar-refractivity contribution is 0.482. The lowest BCUT2D eigenvalue weighted by atomic mass is 10.1. The minimum Gasteiger partial charge on any atom is -0.456 e. The van der Waals surface area contributed by atoms with Crippen LogP contribution in [0.1, 0.15) is 23.6 Å². The minimum atomic E-state index is 0.638. The van der Waals surface area contributed by atoms with Gasteiger partial charge in [0.25, 0.3) is 0 Å². The fourth-order valence-corrected chi connectivity index (χ4v) is 2.37. The zero-order valence-electron chi connectivity index (χ0n) is 12.2. The molecule has 0 radical (unpaired) electrons. The van der Waals surface area contributed by atoms with Crippen LogP contribution in [0.25, 0.3) is 0 Å². The Kier molecular flexibility index (Phi) is 5.05. The molecular formula is C17H20ClNO. The Hall–Kier alpha value is -1.51. The van der Waals surface area contributed by atoms with Crippen molar-refractivity contribution < 1.29 is 4.74 Å². The molecule has 0 bridgehead atoms. The third kappa shape index (κ3) is 3.99. The van der Waals surface area contributed by atoms with Gasteiger partial charge in [-0.2, -0.15) is 0 Å². The van der Waals surface area contributed by atoms with Crippen molar-refractivity contribution >= 4 is 11.6 Å². The maximum Gasteiger partial charge on any atom is 0.146 e. The highest BCUT2D eigenvalue weighted by Crippen LogP contribution is 2.31. The van der Waals surface area contributed by atoms with Gasteiger partial charge in [0, 0.05) is 6.54 Å². The molecule has 0 atom stereocenters. The van der Waals surface area contributed by atoms with Crippen molar-refractivity contribution in [2.24, 2.45) is 0 Å². The van der Waals surface area contributed by atoms with Gasteiger partial charge >= 0.3 is 0 Å². The zero-order chi connectivity index (χ0) is 14.5. The zero-order valence-corrected chi connectivity index (χ0v) is 12.9. The normalized spacial score (nSPS) is 10.6. The van der Waals surface area contributed by atoms with Crippen LogP contribution in [0.15, 0.2) is 36.4 Å². The smallest absolute Gasteiger partial charge is 0.146 e. The molecule has 2 aromatic carbocycles. The summed E-state index contributed by atoms with van der Waals surface area (Å²) in [5.74, 6) is 1.51. The van der Waals surface area contributed by atoms with Crippen LogP contribution in [0, 0.1) is 13.8 Å². The first-order chi connectivity index (χ1) is 9.58. The van der Waals surface area contributed by atoms with E-state index in [0.717, 1.165) is 24.4 Å². The molecule has 2 nitrogen and oxygen atoms in total. The quantitative estimate of drug-likeness (QED) is 0.849. The predicted molar refractivity (Wildman–Crippen MR) is 84.8 cm³/mol. The highest BCUT2D eigenvalue weighted by atomic mass is 35.5. The molecule has 0 fully saturated rings. The predicted octanol–water partition coefficient (Wildman–Crippen LogP) is 4.86. The molecule has 0 spiro atoms. The van der Waals surface area contributed by atoms with Crippen LogP contribution in [0.4, 0.5) is 0 Å². The first-order valence-electron chi connectivity index (χ1n) is 6.84. The number of nitrogens with one attached hydrogen (secondary N) is 1. The van der Waals surface area contributed by atoms with Gasteiger partial charge in [0.05, 0.1) is 5.02 Å². The summed E-state index contributed by atoms with van der Waals surface area (Å²) in [5, 5.41) is 3.91. The van der Waals surface area contributed by atoms with Crippen LogP contribution in [0.5, 0.6) is 11.5 Å². The van der Waals surface area contributed by atoms with E-state index in [2.05, 4.69) is 32.2 Å². The number of hydrogen-bond donors (Lipinski definition) is 1. The van der Waals surface area contributed by atoms with Crippen molar-refractivity contribution in [3.8, 4) is 11.5 Å². The van der Waals surface area contributed by atoms with Crippen molar-refractivity contribution in [3.05, 3.63) is 58.1 Å². The molecule has 0 saturated carbocycles. The van der Waals surface area contributed by atoms with Crippen molar-refractivity contribution in [3.63, 3.8) is 0 Å². The Morgan fingerprint density at radius 1 is 1.05 bits per heavy atom. The molecular weight excluding hydrogens is 270 g/mol. The van der Waals surface area contributed by atoms with Crippen LogP contribution in [0.2, 0.25) is 5.02 Å². The van der Waals surface area contributed by atoms with Crippen LogP contribution in [0.3, 0.4) is 0 Å². The van der Waals surface area contributed by atoms with E-state index in [1.54, 1.807) is 0 Å². The van der Waals surface area contributed by atoms with Gasteiger partial charge in [0.2, 0.25) is 0 Å². The second-order valence-corrected chi connectivity index (χ2v) is 5.38. The van der Waals surface area contributed by atoms with Gasteiger partial charge in [-0.15, -0.1) is 0 Å². The first-order valence-corrected chi connectivity index (χ1v) is 7.21. The summed E-state index contributed by atoms with van der Waals surface area (Å²) < 4.78 is 5.88. The Bertz CT molecular complexity index is 575. The maximum atomic E-state index is 6.29. The highest BCUT2D eigenvalue weighted by molar-refractivity contribution is 6.32. The topological polar surface area (TPSA) is 21.3 Å². The molecule has 2 aromatic rings. The van der Waals surface area contributed by atoms with E-state index < -0.39 is 0 Å². The van der Waals surface area contributed by atoms with E-state index in [1.165, 1.54) is 11.1 Å². The molecule has 0 saturated heterocycles. The van der Waals surface area contributed by atoms with E-state index in [0.29, 0.717) is 10.8 Å². The van der Waals surface area contributed by atoms with E-state index in [4.69, 9.17) is 16.3 Å². The largest absolute Gasteiger partial charge is 0.456 e. The Labute approximate surface area is 125 Å². The van der Waals surface area contributed by atoms with Crippen LogP contribution in [-0.2, 0) is 6.54 Å². The summed E-state index contributed by atoms with van der Waals surface area (Å²) in [6.07, 6.45) is 0. The van der Waals surface area contributed by atoms with Crippen molar-refractivity contribution in [1.29, 1.82) is 0 Å². The summed E-state index contributed by atoms with van der Waals surface area (Å²) >= 11 is 6.29. The van der Waals surface area contributed by atoms with Crippen LogP contribution < -0.4 is 10.1 Å². The third-order valence-electron chi connectivity index (χ3n) is 3.00. The van der Waals surface area contributed by atoms with Crippen LogP contribution in [-0.4, -0.2) is 6.54 Å². The fourth-order valence-electron chi connectivity index (χ4n) is 2.13. The highest BCUT2D eigenvalue weighted by Gasteiger charge is 2.05. The van der Waals surface area contributed by atoms with E-state index >= 15 is 0 Å². The van der Waals surface area contributed by atoms with Crippen molar-refractivity contribution in [1.82, 2.24) is 5.32 Å². The molecule has 0 amide bonds. The third-order valence-corrected chi connectivity index (χ3v) is 3.29. The number of aryl methyl sites for hydroxylation is 2. The second kappa shape index (κ2) is 6.78. The van der Waals surface area contributed by atoms with Crippen molar-refractivity contribution in [2.75, 3.05) is 6.54 Å². The van der Waals surface area contributed by atoms with Gasteiger partial charge in [0.1, 0.15) is 11.5 Å². The average molecular weight is 290 g/mol. The van der Waals surface area contributed by atoms with Gasteiger partial charge in [-0.05, 0) is 61.3 Å². The number of benzene rings is 2. The lowest BCUT2D eigenvalue weighted by Gasteiger charge is -2.11. The molecule has 0 unspecified atom stereocenters. The molecule has 0 aliphatic heterocycles. The second-order valence-electron chi connectivity index (χ2n) is 4.97. The molecule has 0 heterocycles. The summed E-state index contributed by atoms with van der Waals surface area (Å²) in [6.45, 7) is 7.96. The molecule has 20 heavy (non-hydrogen) atoms. The first kappa shape index (κ1) is 14.9. The van der Waals surface area contributed by atoms with Crippen LogP contribution >= 0.6 is 11.6 Å². The number of ether oxygens (including phenoxy) is 1. The van der Waals surface area contributed by atoms with Crippen molar-refractivity contribution in [2.45, 2.75) is 27.3 Å². The molecule has 0 aromatic heterocycles. The van der Waals surface area contributed by atoms with E-state index in [-0.39, 0.29) is 0 Å². The lowest BCUT2D eigenvalue weighted by Crippen LogP contribution is -2.11. The van der Waals surface area contributed by atoms with E-state index in [1.807, 2.05) is 30.3 Å². The fraction of sp³-hybridized carbons (Fsp3) is 0.294. The summed E-state index contributed by atoms with van der Waals surface area (Å²) in [5.41, 5.74) is 3.52. The summed E-state index contributed by atoms with van der Waals surface area (Å²) in [6, 6.07) is 12.0. The minimum absolute atomic E-state index is 0.638. The van der Waals surface area contributed by atoms with E-state index in [9.17, 15) is 0 Å². The van der Waals surface area contributed by atoms with Gasteiger partial charge in [-0.3, -0.25) is 0 Å². The number of hydrogen-bond acceptors (Lipinski definition) is 2. The molecule has 3 heteroatoms. The van der Waals surface area contributed by atoms with Gasteiger partial charge in [0.15, 0.2) is 0 Å². The summed E-state index contributed by atoms with van der Waals surface area (Å²) in [4.78, 5) is 0. The Morgan fingerprint density at radius 3 is 2.35 bits per heavy atom. The molecule has 106 valence electrons. The Balaban J connectivity index is 2.16. The summed E-state index contributed by atoms with van der Waals surface area (Å²) in [7, 11) is 0. The Morgan fingerprint density at radius 2 is 1.75 bits per heavy atom. The number of rotatable bonds is 5. The maximum absolute atomic E-state index is 6.29. The van der Waals surface area contributed by atoms with Gasteiger partial charge < -0.3 is 10.1 Å². The molecule has 0 aliphatic rings. The SMILES string of the molecule is CCNCc1ccc(Oc2cc(C)cc(C)c2)c(Cl)c1. The monoisotopic (exact) mass is 289 g/mol. The average Bonchev–Trinajstić information content (AvgIpc) is 2.38. The van der Waals surface area contributed by atoms with Gasteiger partial charge in [-0.25, -0.2) is 0 Å². The standard InChI is InChI=1S/C17H20ClNO/c1-4-19-11-14-5-6-17(16(18)10-14)20-15-8-12(2)7-13(3)9-15/h5-10,19H,4,11H2,1-3H3. The molecule has 2 rings (SSSR count). The molecule has 1 N–H and O–H groups in total.